The Labute approximate surface area is 380 Å². The third-order valence-corrected chi connectivity index (χ3v) is 12.4. The van der Waals surface area contributed by atoms with Crippen molar-refractivity contribution < 1.29 is 31.9 Å². The zero-order valence-electron chi connectivity index (χ0n) is 35.8. The lowest BCUT2D eigenvalue weighted by Crippen LogP contribution is -2.49. The van der Waals surface area contributed by atoms with Gasteiger partial charge in [-0.2, -0.15) is 13.5 Å². The molecule has 8 aromatic rings. The zero-order valence-corrected chi connectivity index (χ0v) is 36.6. The Hall–Kier alpha value is -6.57. The molecule has 1 N–H and O–H groups in total. The molecule has 10 nitrogen and oxygen atoms in total. The molecular weight excluding hydrogens is 835 g/mol. The van der Waals surface area contributed by atoms with Crippen molar-refractivity contribution in [1.29, 1.82) is 0 Å². The summed E-state index contributed by atoms with van der Waals surface area (Å²) in [6.45, 7) is -0.0349. The lowest BCUT2D eigenvalue weighted by Gasteiger charge is -2.39. The van der Waals surface area contributed by atoms with Crippen molar-refractivity contribution in [2.75, 3.05) is 6.61 Å². The monoisotopic (exact) mass is 885 g/mol. The number of nitrogens with zero attached hydrogens (tertiary/aromatic N) is 3. The van der Waals surface area contributed by atoms with Gasteiger partial charge in [0.05, 0.1) is 26.4 Å². The van der Waals surface area contributed by atoms with E-state index in [0.29, 0.717) is 5.56 Å². The van der Waals surface area contributed by atoms with Gasteiger partial charge in [-0.15, -0.1) is 0 Å². The highest BCUT2D eigenvalue weighted by Crippen LogP contribution is 2.42. The average molecular weight is 886 g/mol. The standard InChI is InChI=1S/C54H51N3O7S/c58-50(53-55-41-56-57(53)54(46-30-16-5-17-31-46,47-32-18-6-19-33-47)48-34-20-7-21-35-48)52(63-38-44-26-12-3-13-27-44)51(62-37-43-24-10-2-11-25-43)49(39-61-36-42-22-8-1-9-23-42)64-65(59,60)40-45-28-14-4-15-29-45/h1-35,41,49-52,58H,36-40H2/t49-,50+,51-,52+/m0/s1. The van der Waals surface area contributed by atoms with Crippen LogP contribution in [0.1, 0.15) is 50.9 Å². The first kappa shape index (κ1) is 45.0. The molecule has 330 valence electrons. The van der Waals surface area contributed by atoms with Crippen molar-refractivity contribution in [2.24, 2.45) is 0 Å². The maximum atomic E-state index is 14.2. The summed E-state index contributed by atoms with van der Waals surface area (Å²) in [7, 11) is -4.31. The van der Waals surface area contributed by atoms with Gasteiger partial charge in [0.15, 0.2) is 5.82 Å². The fraction of sp³-hybridized carbons (Fsp3) is 0.185. The molecule has 0 amide bonds. The quantitative estimate of drug-likeness (QED) is 0.0524. The highest BCUT2D eigenvalue weighted by Gasteiger charge is 2.46. The van der Waals surface area contributed by atoms with Crippen molar-refractivity contribution in [1.82, 2.24) is 14.8 Å². The predicted octanol–water partition coefficient (Wildman–Crippen LogP) is 9.45. The summed E-state index contributed by atoms with van der Waals surface area (Å²) in [5, 5.41) is 18.1. The van der Waals surface area contributed by atoms with E-state index < -0.39 is 45.8 Å². The Kier molecular flexibility index (Phi) is 15.2. The summed E-state index contributed by atoms with van der Waals surface area (Å²) in [4.78, 5) is 4.80. The minimum Gasteiger partial charge on any atom is -0.382 e. The van der Waals surface area contributed by atoms with Crippen LogP contribution in [0, 0.1) is 0 Å². The van der Waals surface area contributed by atoms with Crippen LogP contribution < -0.4 is 0 Å². The second-order valence-electron chi connectivity index (χ2n) is 15.6. The second kappa shape index (κ2) is 21.9. The minimum atomic E-state index is -4.31. The molecule has 0 aliphatic rings. The molecule has 0 unspecified atom stereocenters. The molecule has 0 radical (unpaired) electrons. The summed E-state index contributed by atoms with van der Waals surface area (Å²) in [6.07, 6.45) is -4.10. The third kappa shape index (κ3) is 11.2. The predicted molar refractivity (Wildman–Crippen MR) is 250 cm³/mol. The van der Waals surface area contributed by atoms with E-state index in [-0.39, 0.29) is 32.3 Å². The molecular formula is C54H51N3O7S. The number of hydrogen-bond acceptors (Lipinski definition) is 9. The van der Waals surface area contributed by atoms with Crippen molar-refractivity contribution in [3.8, 4) is 0 Å². The molecule has 8 rings (SSSR count). The molecule has 1 heterocycles. The molecule has 65 heavy (non-hydrogen) atoms. The van der Waals surface area contributed by atoms with E-state index in [2.05, 4.69) is 0 Å². The van der Waals surface area contributed by atoms with E-state index in [0.717, 1.165) is 33.4 Å². The topological polar surface area (TPSA) is 122 Å². The number of rotatable bonds is 22. The van der Waals surface area contributed by atoms with Gasteiger partial charge in [0, 0.05) is 0 Å². The number of benzene rings is 7. The van der Waals surface area contributed by atoms with Crippen LogP contribution in [0.3, 0.4) is 0 Å². The van der Waals surface area contributed by atoms with Crippen LogP contribution in [-0.2, 0) is 59.6 Å². The largest absolute Gasteiger partial charge is 0.382 e. The molecule has 0 bridgehead atoms. The van der Waals surface area contributed by atoms with E-state index >= 15 is 0 Å². The summed E-state index contributed by atoms with van der Waals surface area (Å²) >= 11 is 0. The van der Waals surface area contributed by atoms with Crippen molar-refractivity contribution in [2.45, 2.75) is 55.5 Å². The van der Waals surface area contributed by atoms with Crippen molar-refractivity contribution in [3.63, 3.8) is 0 Å². The van der Waals surface area contributed by atoms with E-state index in [4.69, 9.17) is 28.5 Å². The fourth-order valence-corrected chi connectivity index (χ4v) is 9.33. The number of aliphatic hydroxyl groups excluding tert-OH is 1. The third-order valence-electron chi connectivity index (χ3n) is 11.2. The maximum Gasteiger partial charge on any atom is 0.271 e. The fourth-order valence-electron chi connectivity index (χ4n) is 8.12. The summed E-state index contributed by atoms with van der Waals surface area (Å²) in [6, 6.07) is 67.3. The number of aromatic nitrogens is 3. The van der Waals surface area contributed by atoms with E-state index in [9.17, 15) is 13.5 Å². The number of aliphatic hydroxyl groups is 1. The molecule has 0 spiro atoms. The SMILES string of the molecule is O=S(=O)(Cc1ccccc1)O[C@@H](COCc1ccccc1)[C@H](OCc1ccccc1)[C@H](OCc1ccccc1)[C@@H](O)c1ncnn1C(c1ccccc1)(c1ccccc1)c1ccccc1. The van der Waals surface area contributed by atoms with E-state index in [1.54, 1.807) is 28.9 Å². The van der Waals surface area contributed by atoms with Crippen LogP contribution in [0.25, 0.3) is 0 Å². The molecule has 11 heteroatoms. The first-order valence-corrected chi connectivity index (χ1v) is 23.1. The first-order chi connectivity index (χ1) is 31.9. The van der Waals surface area contributed by atoms with E-state index in [1.807, 2.05) is 188 Å². The average Bonchev–Trinajstić information content (AvgIpc) is 3.85. The Balaban J connectivity index is 1.28. The minimum absolute atomic E-state index is 0.0232. The summed E-state index contributed by atoms with van der Waals surface area (Å²) < 4.78 is 56.4. The molecule has 1 aromatic heterocycles. The highest BCUT2D eigenvalue weighted by atomic mass is 32.2. The van der Waals surface area contributed by atoms with Gasteiger partial charge in [-0.25, -0.2) is 9.67 Å². The lowest BCUT2D eigenvalue weighted by atomic mass is 9.77. The first-order valence-electron chi connectivity index (χ1n) is 21.5. The highest BCUT2D eigenvalue weighted by molar-refractivity contribution is 7.85. The molecule has 0 aliphatic carbocycles. The van der Waals surface area contributed by atoms with Crippen LogP contribution in [0.15, 0.2) is 219 Å². The van der Waals surface area contributed by atoms with Gasteiger partial charge in [0.2, 0.25) is 0 Å². The Morgan fingerprint density at radius 3 is 1.34 bits per heavy atom. The van der Waals surface area contributed by atoms with Crippen LogP contribution in [0.4, 0.5) is 0 Å². The number of hydrogen-bond donors (Lipinski definition) is 1. The van der Waals surface area contributed by atoms with Gasteiger partial charge >= 0.3 is 0 Å². The number of ether oxygens (including phenoxy) is 3. The second-order valence-corrected chi connectivity index (χ2v) is 17.2. The van der Waals surface area contributed by atoms with Crippen LogP contribution in [0.2, 0.25) is 0 Å². The molecule has 4 atom stereocenters. The van der Waals surface area contributed by atoms with Gasteiger partial charge in [0.1, 0.15) is 42.0 Å². The molecule has 0 saturated carbocycles. The van der Waals surface area contributed by atoms with Crippen LogP contribution >= 0.6 is 0 Å². The van der Waals surface area contributed by atoms with Gasteiger partial charge in [-0.05, 0) is 38.9 Å². The maximum absolute atomic E-state index is 14.2. The molecule has 0 fully saturated rings. The van der Waals surface area contributed by atoms with Crippen LogP contribution in [-0.4, -0.2) is 53.2 Å². The normalized spacial score (nSPS) is 13.7. The van der Waals surface area contributed by atoms with Gasteiger partial charge in [-0.3, -0.25) is 4.18 Å². The molecule has 0 saturated heterocycles. The van der Waals surface area contributed by atoms with Crippen molar-refractivity contribution in [3.05, 3.63) is 263 Å². The smallest absolute Gasteiger partial charge is 0.271 e. The summed E-state index contributed by atoms with van der Waals surface area (Å²) in [5.74, 6) is -0.266. The van der Waals surface area contributed by atoms with Crippen molar-refractivity contribution >= 4 is 10.1 Å². The van der Waals surface area contributed by atoms with E-state index in [1.165, 1.54) is 6.33 Å². The van der Waals surface area contributed by atoms with Gasteiger partial charge in [0.25, 0.3) is 10.1 Å². The van der Waals surface area contributed by atoms with Gasteiger partial charge < -0.3 is 19.3 Å². The van der Waals surface area contributed by atoms with Crippen LogP contribution in [0.5, 0.6) is 0 Å². The molecule has 7 aromatic carbocycles. The Morgan fingerprint density at radius 1 is 0.508 bits per heavy atom. The lowest BCUT2D eigenvalue weighted by molar-refractivity contribution is -0.173. The molecule has 0 aliphatic heterocycles. The zero-order chi connectivity index (χ0) is 44.7. The summed E-state index contributed by atoms with van der Waals surface area (Å²) in [5.41, 5.74) is 4.47. The Morgan fingerprint density at radius 2 is 0.892 bits per heavy atom. The van der Waals surface area contributed by atoms with Gasteiger partial charge in [-0.1, -0.05) is 212 Å². The Bertz CT molecular complexity index is 2640.